The van der Waals surface area contributed by atoms with Crippen molar-refractivity contribution in [1.82, 2.24) is 15.1 Å². The van der Waals surface area contributed by atoms with Gasteiger partial charge in [0.05, 0.1) is 0 Å². The summed E-state index contributed by atoms with van der Waals surface area (Å²) in [6.45, 7) is 12.1. The summed E-state index contributed by atoms with van der Waals surface area (Å²) in [6, 6.07) is 0.807. The standard InChI is InChI=1S/C18H37N3/c1-4-12-19-15-18(10-6-7-11-18)16-20(3)14-17-9-8-13-21(17)5-2/h17,19H,4-16H2,1-3H3. The fourth-order valence-corrected chi connectivity index (χ4v) is 4.56. The van der Waals surface area contributed by atoms with E-state index in [4.69, 9.17) is 0 Å². The molecule has 3 heteroatoms. The molecule has 1 aliphatic carbocycles. The Balaban J connectivity index is 1.81. The number of nitrogens with one attached hydrogen (secondary N) is 1. The molecule has 2 fully saturated rings. The SMILES string of the molecule is CCCNCC1(CN(C)CC2CCCN2CC)CCCC1. The van der Waals surface area contributed by atoms with Gasteiger partial charge in [0.2, 0.25) is 0 Å². The first-order chi connectivity index (χ1) is 10.2. The average Bonchev–Trinajstić information content (AvgIpc) is 3.09. The van der Waals surface area contributed by atoms with Gasteiger partial charge in [-0.3, -0.25) is 4.90 Å². The van der Waals surface area contributed by atoms with Crippen LogP contribution in [0.3, 0.4) is 0 Å². The molecule has 2 rings (SSSR count). The molecule has 0 spiro atoms. The van der Waals surface area contributed by atoms with Crippen LogP contribution in [0.4, 0.5) is 0 Å². The minimum atomic E-state index is 0.555. The summed E-state index contributed by atoms with van der Waals surface area (Å²) < 4.78 is 0. The Labute approximate surface area is 132 Å². The third-order valence-electron chi connectivity index (χ3n) is 5.62. The van der Waals surface area contributed by atoms with Crippen molar-refractivity contribution in [1.29, 1.82) is 0 Å². The number of hydrogen-bond donors (Lipinski definition) is 1. The maximum Gasteiger partial charge on any atom is 0.0223 e. The van der Waals surface area contributed by atoms with E-state index in [-0.39, 0.29) is 0 Å². The first-order valence-electron chi connectivity index (χ1n) is 9.32. The number of likely N-dealkylation sites (tertiary alicyclic amines) is 1. The monoisotopic (exact) mass is 295 g/mol. The molecule has 0 aromatic carbocycles. The summed E-state index contributed by atoms with van der Waals surface area (Å²) in [7, 11) is 2.35. The highest BCUT2D eigenvalue weighted by Crippen LogP contribution is 2.38. The molecule has 0 amide bonds. The molecule has 1 N–H and O–H groups in total. The van der Waals surface area contributed by atoms with Gasteiger partial charge >= 0.3 is 0 Å². The highest BCUT2D eigenvalue weighted by atomic mass is 15.2. The first-order valence-corrected chi connectivity index (χ1v) is 9.32. The van der Waals surface area contributed by atoms with E-state index < -0.39 is 0 Å². The van der Waals surface area contributed by atoms with E-state index in [1.807, 2.05) is 0 Å². The quantitative estimate of drug-likeness (QED) is 0.660. The van der Waals surface area contributed by atoms with Gasteiger partial charge in [-0.2, -0.15) is 0 Å². The van der Waals surface area contributed by atoms with Crippen molar-refractivity contribution in [2.75, 3.05) is 46.3 Å². The average molecular weight is 296 g/mol. The lowest BCUT2D eigenvalue weighted by molar-refractivity contribution is 0.137. The van der Waals surface area contributed by atoms with Crippen LogP contribution in [-0.2, 0) is 0 Å². The van der Waals surface area contributed by atoms with E-state index in [9.17, 15) is 0 Å². The number of nitrogens with zero attached hydrogens (tertiary/aromatic N) is 2. The predicted molar refractivity (Wildman–Crippen MR) is 91.8 cm³/mol. The maximum atomic E-state index is 3.70. The van der Waals surface area contributed by atoms with Crippen molar-refractivity contribution < 1.29 is 0 Å². The summed E-state index contributed by atoms with van der Waals surface area (Å²) in [5.74, 6) is 0. The van der Waals surface area contributed by atoms with Crippen LogP contribution in [0, 0.1) is 5.41 Å². The molecule has 1 unspecified atom stereocenters. The van der Waals surface area contributed by atoms with E-state index in [1.54, 1.807) is 0 Å². The highest BCUT2D eigenvalue weighted by Gasteiger charge is 2.35. The summed E-state index contributed by atoms with van der Waals surface area (Å²) in [4.78, 5) is 5.31. The van der Waals surface area contributed by atoms with Crippen LogP contribution in [-0.4, -0.2) is 62.2 Å². The van der Waals surface area contributed by atoms with Crippen LogP contribution in [0.15, 0.2) is 0 Å². The van der Waals surface area contributed by atoms with Gasteiger partial charge < -0.3 is 10.2 Å². The van der Waals surface area contributed by atoms with Crippen LogP contribution < -0.4 is 5.32 Å². The van der Waals surface area contributed by atoms with Gasteiger partial charge in [0.15, 0.2) is 0 Å². The summed E-state index contributed by atoms with van der Waals surface area (Å²) in [5.41, 5.74) is 0.555. The van der Waals surface area contributed by atoms with Crippen molar-refractivity contribution in [2.45, 2.75) is 64.8 Å². The van der Waals surface area contributed by atoms with Gasteiger partial charge in [-0.15, -0.1) is 0 Å². The Kier molecular flexibility index (Phi) is 6.97. The van der Waals surface area contributed by atoms with E-state index >= 15 is 0 Å². The molecule has 1 saturated carbocycles. The number of hydrogen-bond acceptors (Lipinski definition) is 3. The summed E-state index contributed by atoms with van der Waals surface area (Å²) >= 11 is 0. The van der Waals surface area contributed by atoms with Crippen LogP contribution in [0.1, 0.15) is 58.8 Å². The Hall–Kier alpha value is -0.120. The van der Waals surface area contributed by atoms with E-state index in [0.29, 0.717) is 5.41 Å². The molecule has 1 heterocycles. The van der Waals surface area contributed by atoms with Gasteiger partial charge in [0.25, 0.3) is 0 Å². The largest absolute Gasteiger partial charge is 0.316 e. The fraction of sp³-hybridized carbons (Fsp3) is 1.00. The molecule has 3 nitrogen and oxygen atoms in total. The van der Waals surface area contributed by atoms with Gasteiger partial charge in [0, 0.05) is 25.7 Å². The third-order valence-corrected chi connectivity index (χ3v) is 5.62. The second-order valence-corrected chi connectivity index (χ2v) is 7.51. The normalized spacial score (nSPS) is 26.0. The van der Waals surface area contributed by atoms with E-state index in [1.165, 1.54) is 84.2 Å². The van der Waals surface area contributed by atoms with Crippen molar-refractivity contribution in [2.24, 2.45) is 5.41 Å². The summed E-state index contributed by atoms with van der Waals surface area (Å²) in [5, 5.41) is 3.70. The van der Waals surface area contributed by atoms with Crippen molar-refractivity contribution in [3.05, 3.63) is 0 Å². The first kappa shape index (κ1) is 17.2. The van der Waals surface area contributed by atoms with Gasteiger partial charge in [-0.25, -0.2) is 0 Å². The Morgan fingerprint density at radius 2 is 1.95 bits per heavy atom. The maximum absolute atomic E-state index is 3.70. The fourth-order valence-electron chi connectivity index (χ4n) is 4.56. The molecule has 124 valence electrons. The van der Waals surface area contributed by atoms with Gasteiger partial charge in [-0.1, -0.05) is 26.7 Å². The molecule has 2 aliphatic rings. The number of likely N-dealkylation sites (N-methyl/N-ethyl adjacent to an activating group) is 2. The molecule has 0 aromatic heterocycles. The van der Waals surface area contributed by atoms with Crippen LogP contribution in [0.25, 0.3) is 0 Å². The van der Waals surface area contributed by atoms with Crippen LogP contribution in [0.5, 0.6) is 0 Å². The Bertz CT molecular complexity index is 286. The van der Waals surface area contributed by atoms with Crippen LogP contribution >= 0.6 is 0 Å². The van der Waals surface area contributed by atoms with Crippen molar-refractivity contribution in [3.8, 4) is 0 Å². The molecular weight excluding hydrogens is 258 g/mol. The lowest BCUT2D eigenvalue weighted by Crippen LogP contribution is -2.45. The second-order valence-electron chi connectivity index (χ2n) is 7.51. The summed E-state index contributed by atoms with van der Waals surface area (Å²) in [6.07, 6.45) is 9.78. The van der Waals surface area contributed by atoms with Gasteiger partial charge in [0.1, 0.15) is 0 Å². The molecule has 1 atom stereocenters. The third kappa shape index (κ3) is 4.94. The predicted octanol–water partition coefficient (Wildman–Crippen LogP) is 2.96. The Morgan fingerprint density at radius 1 is 1.19 bits per heavy atom. The highest BCUT2D eigenvalue weighted by molar-refractivity contribution is 4.90. The zero-order valence-corrected chi connectivity index (χ0v) is 14.7. The molecule has 0 radical (unpaired) electrons. The minimum Gasteiger partial charge on any atom is -0.316 e. The van der Waals surface area contributed by atoms with Crippen molar-refractivity contribution >= 4 is 0 Å². The van der Waals surface area contributed by atoms with E-state index in [0.717, 1.165) is 6.04 Å². The number of rotatable bonds is 9. The lowest BCUT2D eigenvalue weighted by Gasteiger charge is -2.36. The van der Waals surface area contributed by atoms with E-state index in [2.05, 4.69) is 36.0 Å². The molecule has 0 aromatic rings. The minimum absolute atomic E-state index is 0.555. The molecule has 21 heavy (non-hydrogen) atoms. The zero-order valence-electron chi connectivity index (χ0n) is 14.7. The molecule has 0 bridgehead atoms. The topological polar surface area (TPSA) is 18.5 Å². The second kappa shape index (κ2) is 8.50. The Morgan fingerprint density at radius 3 is 2.62 bits per heavy atom. The van der Waals surface area contributed by atoms with Gasteiger partial charge in [-0.05, 0) is 64.2 Å². The molecule has 1 saturated heterocycles. The van der Waals surface area contributed by atoms with Crippen molar-refractivity contribution in [3.63, 3.8) is 0 Å². The lowest BCUT2D eigenvalue weighted by atomic mass is 9.85. The molecule has 1 aliphatic heterocycles. The van der Waals surface area contributed by atoms with Crippen LogP contribution in [0.2, 0.25) is 0 Å². The smallest absolute Gasteiger partial charge is 0.0223 e. The molecular formula is C18H37N3. The zero-order chi connectivity index (χ0) is 15.1.